The zero-order chi connectivity index (χ0) is 20.4. The first-order chi connectivity index (χ1) is 14.0. The highest BCUT2D eigenvalue weighted by Gasteiger charge is 2.42. The molecule has 1 saturated carbocycles. The Balaban J connectivity index is 1.39. The molecule has 2 saturated heterocycles. The standard InChI is InChI=1S/C21H28FN3O3S/c22-15-5-7-17(8-6-15)29-18-13-19(25(14-18)21(27)28)20(26)24-10-2-9-23(11-12-24)16-3-1-4-16/h5-8,16,18-19H,1-4,9-14H2,(H,27,28)/t18-,19+/m0/s1. The van der Waals surface area contributed by atoms with Gasteiger partial charge in [0.05, 0.1) is 0 Å². The van der Waals surface area contributed by atoms with E-state index in [0.717, 1.165) is 24.4 Å². The molecule has 8 heteroatoms. The van der Waals surface area contributed by atoms with E-state index in [-0.39, 0.29) is 17.0 Å². The van der Waals surface area contributed by atoms with Crippen LogP contribution in [0.3, 0.4) is 0 Å². The fourth-order valence-corrected chi connectivity index (χ4v) is 5.71. The van der Waals surface area contributed by atoms with Gasteiger partial charge < -0.3 is 10.0 Å². The maximum absolute atomic E-state index is 13.2. The largest absolute Gasteiger partial charge is 0.465 e. The lowest BCUT2D eigenvalue weighted by Gasteiger charge is -2.36. The van der Waals surface area contributed by atoms with Crippen LogP contribution in [0.2, 0.25) is 0 Å². The summed E-state index contributed by atoms with van der Waals surface area (Å²) in [5, 5.41) is 9.64. The molecule has 2 atom stereocenters. The van der Waals surface area contributed by atoms with Gasteiger partial charge in [0.25, 0.3) is 0 Å². The van der Waals surface area contributed by atoms with Crippen molar-refractivity contribution in [3.63, 3.8) is 0 Å². The van der Waals surface area contributed by atoms with Gasteiger partial charge in [-0.3, -0.25) is 14.6 Å². The normalized spacial score (nSPS) is 26.2. The molecule has 1 aliphatic carbocycles. The second kappa shape index (κ2) is 8.92. The summed E-state index contributed by atoms with van der Waals surface area (Å²) < 4.78 is 13.1. The number of carbonyl (C=O) groups is 2. The van der Waals surface area contributed by atoms with Crippen molar-refractivity contribution in [3.8, 4) is 0 Å². The van der Waals surface area contributed by atoms with Gasteiger partial charge in [-0.1, -0.05) is 6.42 Å². The predicted molar refractivity (Wildman–Crippen MR) is 110 cm³/mol. The van der Waals surface area contributed by atoms with Crippen molar-refractivity contribution in [2.45, 2.75) is 54.3 Å². The van der Waals surface area contributed by atoms with Gasteiger partial charge in [0, 0.05) is 48.9 Å². The Kier molecular flexibility index (Phi) is 6.29. The molecule has 0 radical (unpaired) electrons. The second-order valence-corrected chi connectivity index (χ2v) is 9.55. The first-order valence-corrected chi connectivity index (χ1v) is 11.3. The van der Waals surface area contributed by atoms with Crippen LogP contribution in [-0.4, -0.2) is 81.9 Å². The van der Waals surface area contributed by atoms with Crippen molar-refractivity contribution in [1.82, 2.24) is 14.7 Å². The van der Waals surface area contributed by atoms with E-state index < -0.39 is 12.1 Å². The van der Waals surface area contributed by atoms with Gasteiger partial charge in [0.15, 0.2) is 0 Å². The van der Waals surface area contributed by atoms with Crippen LogP contribution in [0.4, 0.5) is 9.18 Å². The Morgan fingerprint density at radius 3 is 2.45 bits per heavy atom. The van der Waals surface area contributed by atoms with E-state index >= 15 is 0 Å². The quantitative estimate of drug-likeness (QED) is 0.809. The Morgan fingerprint density at radius 1 is 1.03 bits per heavy atom. The molecule has 29 heavy (non-hydrogen) atoms. The summed E-state index contributed by atoms with van der Waals surface area (Å²) in [7, 11) is 0. The number of nitrogens with zero attached hydrogens (tertiary/aromatic N) is 3. The minimum absolute atomic E-state index is 0.0102. The number of carbonyl (C=O) groups excluding carboxylic acids is 1. The van der Waals surface area contributed by atoms with Crippen LogP contribution < -0.4 is 0 Å². The maximum Gasteiger partial charge on any atom is 0.408 e. The van der Waals surface area contributed by atoms with Crippen LogP contribution in [0.5, 0.6) is 0 Å². The molecule has 6 nitrogen and oxygen atoms in total. The Bertz CT molecular complexity index is 743. The van der Waals surface area contributed by atoms with Crippen molar-refractivity contribution in [3.05, 3.63) is 30.1 Å². The van der Waals surface area contributed by atoms with E-state index in [4.69, 9.17) is 0 Å². The van der Waals surface area contributed by atoms with E-state index in [1.807, 2.05) is 4.90 Å². The molecule has 3 fully saturated rings. The van der Waals surface area contributed by atoms with Crippen LogP contribution in [0.25, 0.3) is 0 Å². The molecule has 3 aliphatic rings. The monoisotopic (exact) mass is 421 g/mol. The number of halogens is 1. The highest BCUT2D eigenvalue weighted by Crippen LogP contribution is 2.34. The van der Waals surface area contributed by atoms with Gasteiger partial charge in [-0.15, -0.1) is 11.8 Å². The molecule has 2 amide bonds. The molecule has 1 aromatic rings. The number of benzene rings is 1. The van der Waals surface area contributed by atoms with Gasteiger partial charge in [0.2, 0.25) is 5.91 Å². The average molecular weight is 422 g/mol. The molecule has 0 aromatic heterocycles. The van der Waals surface area contributed by atoms with E-state index in [1.54, 1.807) is 12.1 Å². The number of amides is 2. The average Bonchev–Trinajstić information content (AvgIpc) is 2.93. The van der Waals surface area contributed by atoms with E-state index in [9.17, 15) is 19.1 Å². The number of rotatable bonds is 4. The number of hydrogen-bond donors (Lipinski definition) is 1. The summed E-state index contributed by atoms with van der Waals surface area (Å²) in [5.74, 6) is -0.358. The molecule has 0 bridgehead atoms. The molecule has 2 aliphatic heterocycles. The lowest BCUT2D eigenvalue weighted by molar-refractivity contribution is -0.135. The summed E-state index contributed by atoms with van der Waals surface area (Å²) in [5.41, 5.74) is 0. The van der Waals surface area contributed by atoms with Gasteiger partial charge in [-0.05, 0) is 49.9 Å². The highest BCUT2D eigenvalue weighted by atomic mass is 32.2. The summed E-state index contributed by atoms with van der Waals surface area (Å²) in [6, 6.07) is 6.25. The van der Waals surface area contributed by atoms with Crippen molar-refractivity contribution in [1.29, 1.82) is 0 Å². The topological polar surface area (TPSA) is 64.1 Å². The van der Waals surface area contributed by atoms with Gasteiger partial charge in [-0.25, -0.2) is 9.18 Å². The van der Waals surface area contributed by atoms with Crippen LogP contribution in [0.15, 0.2) is 29.2 Å². The smallest absolute Gasteiger partial charge is 0.408 e. The zero-order valence-electron chi connectivity index (χ0n) is 16.5. The summed E-state index contributed by atoms with van der Waals surface area (Å²) >= 11 is 1.52. The van der Waals surface area contributed by atoms with E-state index in [1.165, 1.54) is 48.1 Å². The lowest BCUT2D eigenvalue weighted by atomic mass is 9.91. The lowest BCUT2D eigenvalue weighted by Crippen LogP contribution is -2.49. The zero-order valence-corrected chi connectivity index (χ0v) is 17.3. The van der Waals surface area contributed by atoms with Crippen LogP contribution >= 0.6 is 11.8 Å². The van der Waals surface area contributed by atoms with Crippen LogP contribution in [0, 0.1) is 5.82 Å². The molecule has 0 spiro atoms. The third-order valence-corrected chi connectivity index (χ3v) is 7.56. The molecular weight excluding hydrogens is 393 g/mol. The molecule has 2 heterocycles. The first kappa shape index (κ1) is 20.5. The third-order valence-electron chi connectivity index (χ3n) is 6.34. The number of carboxylic acid groups (broad SMARTS) is 1. The van der Waals surface area contributed by atoms with Crippen LogP contribution in [0.1, 0.15) is 32.1 Å². The summed E-state index contributed by atoms with van der Waals surface area (Å²) in [6.45, 7) is 3.58. The van der Waals surface area contributed by atoms with Gasteiger partial charge >= 0.3 is 6.09 Å². The van der Waals surface area contributed by atoms with Crippen LogP contribution in [-0.2, 0) is 4.79 Å². The van der Waals surface area contributed by atoms with Crippen molar-refractivity contribution in [2.75, 3.05) is 32.7 Å². The third kappa shape index (κ3) is 4.69. The molecular formula is C21H28FN3O3S. The SMILES string of the molecule is O=C([C@H]1C[C@H](Sc2ccc(F)cc2)CN1C(=O)O)N1CCCN(C2CCC2)CC1. The minimum atomic E-state index is -1.04. The molecule has 158 valence electrons. The number of likely N-dealkylation sites (tertiary alicyclic amines) is 1. The summed E-state index contributed by atoms with van der Waals surface area (Å²) in [6.07, 6.45) is 4.20. The van der Waals surface area contributed by atoms with Gasteiger partial charge in [0.1, 0.15) is 11.9 Å². The summed E-state index contributed by atoms with van der Waals surface area (Å²) in [4.78, 5) is 31.5. The Hall–Kier alpha value is -1.80. The van der Waals surface area contributed by atoms with Crippen molar-refractivity contribution >= 4 is 23.8 Å². The molecule has 4 rings (SSSR count). The Labute approximate surface area is 175 Å². The first-order valence-electron chi connectivity index (χ1n) is 10.5. The van der Waals surface area contributed by atoms with E-state index in [0.29, 0.717) is 32.1 Å². The number of thioether (sulfide) groups is 1. The van der Waals surface area contributed by atoms with Crippen molar-refractivity contribution < 1.29 is 19.1 Å². The molecule has 1 N–H and O–H groups in total. The maximum atomic E-state index is 13.2. The fraction of sp³-hybridized carbons (Fsp3) is 0.619. The fourth-order valence-electron chi connectivity index (χ4n) is 4.52. The predicted octanol–water partition coefficient (Wildman–Crippen LogP) is 3.13. The minimum Gasteiger partial charge on any atom is -0.465 e. The highest BCUT2D eigenvalue weighted by molar-refractivity contribution is 8.00. The molecule has 0 unspecified atom stereocenters. The van der Waals surface area contributed by atoms with Gasteiger partial charge in [-0.2, -0.15) is 0 Å². The molecule has 1 aromatic carbocycles. The van der Waals surface area contributed by atoms with E-state index in [2.05, 4.69) is 4.90 Å². The Morgan fingerprint density at radius 2 is 1.79 bits per heavy atom. The van der Waals surface area contributed by atoms with Crippen molar-refractivity contribution in [2.24, 2.45) is 0 Å². The second-order valence-electron chi connectivity index (χ2n) is 8.18. The number of hydrogen-bond acceptors (Lipinski definition) is 4.